The van der Waals surface area contributed by atoms with Crippen molar-refractivity contribution in [3.05, 3.63) is 64.4 Å². The van der Waals surface area contributed by atoms with Gasteiger partial charge in [-0.25, -0.2) is 9.18 Å². The number of rotatable bonds is 6. The molecule has 4 nitrogen and oxygen atoms in total. The largest absolute Gasteiger partial charge is 0.473 e. The van der Waals surface area contributed by atoms with E-state index in [1.165, 1.54) is 26.0 Å². The van der Waals surface area contributed by atoms with Gasteiger partial charge in [-0.3, -0.25) is 4.79 Å². The molecule has 138 valence electrons. The fourth-order valence-corrected chi connectivity index (χ4v) is 2.29. The zero-order chi connectivity index (χ0) is 19.5. The van der Waals surface area contributed by atoms with Gasteiger partial charge in [-0.15, -0.1) is 0 Å². The van der Waals surface area contributed by atoms with Crippen LogP contribution in [0, 0.1) is 5.82 Å². The predicted molar refractivity (Wildman–Crippen MR) is 97.2 cm³/mol. The number of carbonyl (C=O) groups excluding carboxylic acids is 2. The van der Waals surface area contributed by atoms with Crippen LogP contribution >= 0.6 is 11.6 Å². The molecule has 26 heavy (non-hydrogen) atoms. The molecule has 0 fully saturated rings. The van der Waals surface area contributed by atoms with Crippen LogP contribution in [0.5, 0.6) is 5.75 Å². The summed E-state index contributed by atoms with van der Waals surface area (Å²) in [4.78, 5) is 24.5. The van der Waals surface area contributed by atoms with Crippen LogP contribution in [0.1, 0.15) is 43.6 Å². The Kier molecular flexibility index (Phi) is 6.03. The van der Waals surface area contributed by atoms with Gasteiger partial charge in [0.1, 0.15) is 0 Å². The highest BCUT2D eigenvalue weighted by Gasteiger charge is 2.33. The van der Waals surface area contributed by atoms with Crippen molar-refractivity contribution in [3.8, 4) is 5.75 Å². The Labute approximate surface area is 156 Å². The molecule has 0 saturated carbocycles. The van der Waals surface area contributed by atoms with Crippen molar-refractivity contribution in [2.75, 3.05) is 0 Å². The summed E-state index contributed by atoms with van der Waals surface area (Å²) in [7, 11) is 0. The Hall–Kier alpha value is -2.40. The molecule has 0 atom stereocenters. The SMILES string of the molecule is CC(C)OC(=O)C(C)(C)Oc1ccc(C(=O)c2ccc(Cl)cc2)cc1F. The third kappa shape index (κ3) is 4.82. The van der Waals surface area contributed by atoms with E-state index in [0.29, 0.717) is 10.6 Å². The molecule has 0 amide bonds. The number of carbonyl (C=O) groups is 2. The van der Waals surface area contributed by atoms with Crippen LogP contribution in [0.25, 0.3) is 0 Å². The van der Waals surface area contributed by atoms with Gasteiger partial charge in [0, 0.05) is 16.1 Å². The van der Waals surface area contributed by atoms with Crippen LogP contribution in [0.3, 0.4) is 0 Å². The maximum absolute atomic E-state index is 14.4. The normalized spacial score (nSPS) is 11.3. The van der Waals surface area contributed by atoms with Crippen LogP contribution in [-0.2, 0) is 9.53 Å². The number of hydrogen-bond acceptors (Lipinski definition) is 4. The highest BCUT2D eigenvalue weighted by Crippen LogP contribution is 2.25. The third-order valence-corrected chi connectivity index (χ3v) is 3.75. The van der Waals surface area contributed by atoms with Gasteiger partial charge in [0.15, 0.2) is 23.0 Å². The quantitative estimate of drug-likeness (QED) is 0.534. The van der Waals surface area contributed by atoms with E-state index in [0.717, 1.165) is 6.07 Å². The van der Waals surface area contributed by atoms with Gasteiger partial charge in [-0.1, -0.05) is 11.6 Å². The predicted octanol–water partition coefficient (Wildman–Crippen LogP) is 4.82. The molecule has 0 radical (unpaired) electrons. The number of halogens is 2. The maximum atomic E-state index is 14.4. The molecule has 0 unspecified atom stereocenters. The first kappa shape index (κ1) is 19.9. The molecule has 0 saturated heterocycles. The monoisotopic (exact) mass is 378 g/mol. The number of hydrogen-bond donors (Lipinski definition) is 0. The van der Waals surface area contributed by atoms with Crippen LogP contribution in [0.4, 0.5) is 4.39 Å². The second-order valence-electron chi connectivity index (χ2n) is 6.55. The van der Waals surface area contributed by atoms with Gasteiger partial charge >= 0.3 is 5.97 Å². The van der Waals surface area contributed by atoms with E-state index in [4.69, 9.17) is 21.1 Å². The molecule has 0 aliphatic rings. The van der Waals surface area contributed by atoms with Gasteiger partial charge in [-0.2, -0.15) is 0 Å². The second kappa shape index (κ2) is 7.87. The van der Waals surface area contributed by atoms with E-state index in [-0.39, 0.29) is 23.2 Å². The molecule has 0 aliphatic heterocycles. The Balaban J connectivity index is 2.20. The molecule has 2 rings (SSSR count). The van der Waals surface area contributed by atoms with Crippen molar-refractivity contribution < 1.29 is 23.5 Å². The van der Waals surface area contributed by atoms with Crippen molar-refractivity contribution in [2.45, 2.75) is 39.4 Å². The van der Waals surface area contributed by atoms with Crippen LogP contribution in [-0.4, -0.2) is 23.5 Å². The standard InChI is InChI=1S/C20H20ClFO4/c1-12(2)25-19(24)20(3,4)26-17-10-7-14(11-16(17)22)18(23)13-5-8-15(21)9-6-13/h5-12H,1-4H3. The molecule has 0 N–H and O–H groups in total. The number of ketones is 1. The highest BCUT2D eigenvalue weighted by atomic mass is 35.5. The van der Waals surface area contributed by atoms with E-state index >= 15 is 0 Å². The highest BCUT2D eigenvalue weighted by molar-refractivity contribution is 6.30. The molecule has 2 aromatic rings. The fraction of sp³-hybridized carbons (Fsp3) is 0.300. The Bertz CT molecular complexity index is 813. The summed E-state index contributed by atoms with van der Waals surface area (Å²) in [5.41, 5.74) is -0.810. The lowest BCUT2D eigenvalue weighted by Crippen LogP contribution is -2.41. The second-order valence-corrected chi connectivity index (χ2v) is 6.98. The first-order valence-electron chi connectivity index (χ1n) is 8.10. The first-order valence-corrected chi connectivity index (χ1v) is 8.48. The van der Waals surface area contributed by atoms with Crippen molar-refractivity contribution in [1.29, 1.82) is 0 Å². The summed E-state index contributed by atoms with van der Waals surface area (Å²) in [6.45, 7) is 6.41. The Morgan fingerprint density at radius 2 is 1.62 bits per heavy atom. The Morgan fingerprint density at radius 1 is 1.04 bits per heavy atom. The molecule has 0 bridgehead atoms. The molecule has 2 aromatic carbocycles. The summed E-state index contributed by atoms with van der Waals surface area (Å²) < 4.78 is 25.0. The maximum Gasteiger partial charge on any atom is 0.350 e. The summed E-state index contributed by atoms with van der Waals surface area (Å²) >= 11 is 5.80. The molecular weight excluding hydrogens is 359 g/mol. The lowest BCUT2D eigenvalue weighted by atomic mass is 10.0. The number of benzene rings is 2. The zero-order valence-corrected chi connectivity index (χ0v) is 15.8. The van der Waals surface area contributed by atoms with Gasteiger partial charge in [0.05, 0.1) is 6.10 Å². The Morgan fingerprint density at radius 3 is 2.15 bits per heavy atom. The van der Waals surface area contributed by atoms with E-state index in [1.807, 2.05) is 0 Å². The average molecular weight is 379 g/mol. The smallest absolute Gasteiger partial charge is 0.350 e. The molecule has 0 aliphatic carbocycles. The van der Waals surface area contributed by atoms with E-state index in [9.17, 15) is 14.0 Å². The minimum atomic E-state index is -1.37. The van der Waals surface area contributed by atoms with Crippen LogP contribution < -0.4 is 4.74 Å². The van der Waals surface area contributed by atoms with Crippen molar-refractivity contribution in [3.63, 3.8) is 0 Å². The van der Waals surface area contributed by atoms with Gasteiger partial charge in [0.25, 0.3) is 0 Å². The first-order chi connectivity index (χ1) is 12.1. The fourth-order valence-electron chi connectivity index (χ4n) is 2.17. The molecular formula is C20H20ClFO4. The summed E-state index contributed by atoms with van der Waals surface area (Å²) in [6.07, 6.45) is -0.311. The van der Waals surface area contributed by atoms with Gasteiger partial charge < -0.3 is 9.47 Å². The summed E-state index contributed by atoms with van der Waals surface area (Å²) in [6, 6.07) is 10.2. The number of esters is 1. The zero-order valence-electron chi connectivity index (χ0n) is 15.0. The van der Waals surface area contributed by atoms with E-state index in [2.05, 4.69) is 0 Å². The van der Waals surface area contributed by atoms with Crippen molar-refractivity contribution in [2.24, 2.45) is 0 Å². The van der Waals surface area contributed by atoms with E-state index in [1.54, 1.807) is 38.1 Å². The topological polar surface area (TPSA) is 52.6 Å². The summed E-state index contributed by atoms with van der Waals surface area (Å²) in [5.74, 6) is -1.82. The van der Waals surface area contributed by atoms with Gasteiger partial charge in [0.2, 0.25) is 0 Å². The average Bonchev–Trinajstić information content (AvgIpc) is 2.56. The van der Waals surface area contributed by atoms with Crippen LogP contribution in [0.2, 0.25) is 5.02 Å². The minimum absolute atomic E-state index is 0.136. The molecule has 0 aromatic heterocycles. The molecule has 0 heterocycles. The number of ether oxygens (including phenoxy) is 2. The molecule has 0 spiro atoms. The lowest BCUT2D eigenvalue weighted by molar-refractivity contribution is -0.163. The minimum Gasteiger partial charge on any atom is -0.473 e. The summed E-state index contributed by atoms with van der Waals surface area (Å²) in [5, 5.41) is 0.506. The third-order valence-electron chi connectivity index (χ3n) is 3.50. The lowest BCUT2D eigenvalue weighted by Gasteiger charge is -2.25. The van der Waals surface area contributed by atoms with Crippen molar-refractivity contribution >= 4 is 23.4 Å². The van der Waals surface area contributed by atoms with Crippen molar-refractivity contribution in [1.82, 2.24) is 0 Å². The van der Waals surface area contributed by atoms with E-state index < -0.39 is 17.4 Å². The van der Waals surface area contributed by atoms with Crippen LogP contribution in [0.15, 0.2) is 42.5 Å². The molecule has 6 heteroatoms. The van der Waals surface area contributed by atoms with Gasteiger partial charge in [-0.05, 0) is 70.2 Å².